The predicted molar refractivity (Wildman–Crippen MR) is 119 cm³/mol. The molecule has 0 radical (unpaired) electrons. The molecule has 1 aromatic rings. The van der Waals surface area contributed by atoms with Gasteiger partial charge in [0.15, 0.2) is 5.78 Å². The van der Waals surface area contributed by atoms with E-state index < -0.39 is 34.5 Å². The fourth-order valence-corrected chi connectivity index (χ4v) is 4.56. The first-order chi connectivity index (χ1) is 15.6. The molecule has 176 valence electrons. The second-order valence-corrected chi connectivity index (χ2v) is 8.47. The first-order valence-corrected chi connectivity index (χ1v) is 10.9. The van der Waals surface area contributed by atoms with Crippen LogP contribution in [0.4, 0.5) is 5.69 Å². The molecule has 3 rings (SSSR count). The van der Waals surface area contributed by atoms with Gasteiger partial charge in [-0.25, -0.2) is 4.79 Å². The van der Waals surface area contributed by atoms with E-state index in [2.05, 4.69) is 5.32 Å². The van der Waals surface area contributed by atoms with E-state index in [4.69, 9.17) is 9.47 Å². The number of rotatable bonds is 6. The van der Waals surface area contributed by atoms with E-state index in [1.54, 1.807) is 32.9 Å². The van der Waals surface area contributed by atoms with Crippen molar-refractivity contribution in [3.8, 4) is 0 Å². The molecule has 1 N–H and O–H groups in total. The highest BCUT2D eigenvalue weighted by Crippen LogP contribution is 2.46. The number of nitrogens with zero attached hydrogens (tertiary/aromatic N) is 1. The van der Waals surface area contributed by atoms with E-state index in [0.29, 0.717) is 35.4 Å². The van der Waals surface area contributed by atoms with Crippen molar-refractivity contribution in [3.63, 3.8) is 0 Å². The normalized spacial score (nSPS) is 22.5. The van der Waals surface area contributed by atoms with Gasteiger partial charge in [-0.15, -0.1) is 0 Å². The van der Waals surface area contributed by atoms with Crippen LogP contribution in [0.5, 0.6) is 0 Å². The minimum atomic E-state index is -1.02. The fourth-order valence-electron chi connectivity index (χ4n) is 4.56. The molecule has 0 spiro atoms. The van der Waals surface area contributed by atoms with Gasteiger partial charge in [-0.3, -0.25) is 19.7 Å². The van der Waals surface area contributed by atoms with Crippen LogP contribution in [0.3, 0.4) is 0 Å². The summed E-state index contributed by atoms with van der Waals surface area (Å²) in [6, 6.07) is 4.64. The number of hydrogen-bond donors (Lipinski definition) is 1. The number of ether oxygens (including phenoxy) is 2. The fraction of sp³-hybridized carbons (Fsp3) is 0.458. The maximum atomic E-state index is 13.6. The highest BCUT2D eigenvalue weighted by molar-refractivity contribution is 6.12. The number of nitrogens with one attached hydrogen (secondary N) is 1. The Hall–Kier alpha value is -3.49. The minimum Gasteiger partial charge on any atom is -0.468 e. The van der Waals surface area contributed by atoms with Gasteiger partial charge in [0.2, 0.25) is 0 Å². The average molecular weight is 456 g/mol. The number of methoxy groups -OCH3 is 1. The molecular formula is C24H28N2O7. The molecule has 0 bridgehead atoms. The van der Waals surface area contributed by atoms with Gasteiger partial charge < -0.3 is 14.8 Å². The van der Waals surface area contributed by atoms with Crippen LogP contribution in [0.15, 0.2) is 40.7 Å². The highest BCUT2D eigenvalue weighted by atomic mass is 16.6. The van der Waals surface area contributed by atoms with Crippen LogP contribution in [0.25, 0.3) is 0 Å². The summed E-state index contributed by atoms with van der Waals surface area (Å²) >= 11 is 0. The molecule has 9 nitrogen and oxygen atoms in total. The smallest absolute Gasteiger partial charge is 0.336 e. The molecule has 1 heterocycles. The molecule has 1 aliphatic heterocycles. The van der Waals surface area contributed by atoms with Gasteiger partial charge in [0.05, 0.1) is 24.2 Å². The first kappa shape index (κ1) is 24.2. The number of carbonyl (C=O) groups is 3. The SMILES string of the molecule is CCCOC(=O)C1=C(C)NC2=C(C(=O)[C@H](C(=O)OC)[C@@H](C)C2)[C@H]1c1ccc(C)c([N+](=O)[O-])c1. The van der Waals surface area contributed by atoms with Gasteiger partial charge in [-0.05, 0) is 38.2 Å². The molecule has 0 saturated carbocycles. The highest BCUT2D eigenvalue weighted by Gasteiger charge is 2.47. The molecule has 0 fully saturated rings. The van der Waals surface area contributed by atoms with Gasteiger partial charge in [0, 0.05) is 34.5 Å². The molecule has 0 aromatic heterocycles. The zero-order chi connectivity index (χ0) is 24.4. The topological polar surface area (TPSA) is 125 Å². The van der Waals surface area contributed by atoms with Gasteiger partial charge in [-0.1, -0.05) is 26.0 Å². The van der Waals surface area contributed by atoms with Gasteiger partial charge in [0.1, 0.15) is 5.92 Å². The molecule has 0 unspecified atom stereocenters. The summed E-state index contributed by atoms with van der Waals surface area (Å²) in [5.74, 6) is -3.95. The van der Waals surface area contributed by atoms with Crippen LogP contribution >= 0.6 is 0 Å². The van der Waals surface area contributed by atoms with Crippen molar-refractivity contribution in [2.75, 3.05) is 13.7 Å². The summed E-state index contributed by atoms with van der Waals surface area (Å²) in [5.41, 5.74) is 2.31. The number of dihydropyridines is 1. The van der Waals surface area contributed by atoms with Crippen molar-refractivity contribution >= 4 is 23.4 Å². The van der Waals surface area contributed by atoms with Crippen molar-refractivity contribution < 1.29 is 28.8 Å². The average Bonchev–Trinajstić information content (AvgIpc) is 2.76. The summed E-state index contributed by atoms with van der Waals surface area (Å²) in [5, 5.41) is 14.8. The lowest BCUT2D eigenvalue weighted by Gasteiger charge is -2.38. The molecule has 0 saturated heterocycles. The second-order valence-electron chi connectivity index (χ2n) is 8.47. The summed E-state index contributed by atoms with van der Waals surface area (Å²) in [6.45, 7) is 7.18. The monoisotopic (exact) mass is 456 g/mol. The maximum Gasteiger partial charge on any atom is 0.336 e. The molecule has 33 heavy (non-hydrogen) atoms. The molecular weight excluding hydrogens is 428 g/mol. The lowest BCUT2D eigenvalue weighted by molar-refractivity contribution is -0.385. The Kier molecular flexibility index (Phi) is 7.00. The zero-order valence-corrected chi connectivity index (χ0v) is 19.4. The van der Waals surface area contributed by atoms with Crippen molar-refractivity contribution in [3.05, 3.63) is 62.0 Å². The molecule has 2 aliphatic rings. The lowest BCUT2D eigenvalue weighted by Crippen LogP contribution is -2.43. The Balaban J connectivity index is 2.23. The van der Waals surface area contributed by atoms with E-state index in [1.807, 2.05) is 6.92 Å². The molecule has 3 atom stereocenters. The lowest BCUT2D eigenvalue weighted by atomic mass is 9.69. The number of nitro benzene ring substituents is 1. The van der Waals surface area contributed by atoms with Gasteiger partial charge in [-0.2, -0.15) is 0 Å². The van der Waals surface area contributed by atoms with Crippen LogP contribution in [0.1, 0.15) is 50.7 Å². The number of hydrogen-bond acceptors (Lipinski definition) is 8. The van der Waals surface area contributed by atoms with E-state index >= 15 is 0 Å². The number of ketones is 1. The zero-order valence-electron chi connectivity index (χ0n) is 19.4. The van der Waals surface area contributed by atoms with Crippen molar-refractivity contribution in [1.29, 1.82) is 0 Å². The number of benzene rings is 1. The Morgan fingerprint density at radius 1 is 1.27 bits per heavy atom. The number of allylic oxidation sites excluding steroid dienone is 3. The predicted octanol–water partition coefficient (Wildman–Crippen LogP) is 3.47. The molecule has 9 heteroatoms. The van der Waals surface area contributed by atoms with Crippen molar-refractivity contribution in [2.24, 2.45) is 11.8 Å². The van der Waals surface area contributed by atoms with Crippen LogP contribution in [0.2, 0.25) is 0 Å². The number of nitro groups is 1. The third kappa shape index (κ3) is 4.40. The maximum absolute atomic E-state index is 13.6. The molecule has 1 aliphatic carbocycles. The Labute approximate surface area is 192 Å². The van der Waals surface area contributed by atoms with Gasteiger partial charge >= 0.3 is 11.9 Å². The quantitative estimate of drug-likeness (QED) is 0.299. The third-order valence-corrected chi connectivity index (χ3v) is 6.16. The third-order valence-electron chi connectivity index (χ3n) is 6.16. The summed E-state index contributed by atoms with van der Waals surface area (Å²) in [4.78, 5) is 50.2. The molecule has 0 amide bonds. The van der Waals surface area contributed by atoms with Crippen LogP contribution in [-0.2, 0) is 23.9 Å². The van der Waals surface area contributed by atoms with Crippen LogP contribution < -0.4 is 5.32 Å². The first-order valence-electron chi connectivity index (χ1n) is 10.9. The van der Waals surface area contributed by atoms with Gasteiger partial charge in [0.25, 0.3) is 5.69 Å². The second kappa shape index (κ2) is 9.56. The standard InChI is InChI=1S/C24H28N2O7/c1-6-9-33-24(29)19-14(4)25-16-10-13(3)18(23(28)32-5)22(27)21(16)20(19)15-8-7-12(2)17(11-15)26(30)31/h7-8,11,13,18,20,25H,6,9-10H2,1-5H3/t13-,18+,20-/m0/s1. The molecule has 1 aromatic carbocycles. The van der Waals surface area contributed by atoms with Crippen molar-refractivity contribution in [1.82, 2.24) is 5.32 Å². The Morgan fingerprint density at radius 2 is 1.97 bits per heavy atom. The number of Topliss-reactive ketones (excluding diaryl/α,β-unsaturated/α-hetero) is 1. The summed E-state index contributed by atoms with van der Waals surface area (Å²) in [7, 11) is 1.23. The van der Waals surface area contributed by atoms with E-state index in [1.165, 1.54) is 13.2 Å². The Bertz CT molecular complexity index is 1090. The van der Waals surface area contributed by atoms with E-state index in [0.717, 1.165) is 0 Å². The van der Waals surface area contributed by atoms with E-state index in [9.17, 15) is 24.5 Å². The number of aryl methyl sites for hydroxylation is 1. The number of esters is 2. The largest absolute Gasteiger partial charge is 0.468 e. The summed E-state index contributed by atoms with van der Waals surface area (Å²) < 4.78 is 10.3. The Morgan fingerprint density at radius 3 is 2.58 bits per heavy atom. The van der Waals surface area contributed by atoms with Crippen LogP contribution in [-0.4, -0.2) is 36.4 Å². The van der Waals surface area contributed by atoms with E-state index in [-0.39, 0.29) is 29.4 Å². The van der Waals surface area contributed by atoms with Crippen molar-refractivity contribution in [2.45, 2.75) is 46.5 Å². The van der Waals surface area contributed by atoms with Crippen LogP contribution in [0, 0.1) is 28.9 Å². The number of carbonyl (C=O) groups excluding carboxylic acids is 3. The summed E-state index contributed by atoms with van der Waals surface area (Å²) in [6.07, 6.45) is 1.00. The minimum absolute atomic E-state index is 0.117.